The van der Waals surface area contributed by atoms with Gasteiger partial charge in [0, 0.05) is 6.42 Å². The smallest absolute Gasteiger partial charge is 0.187 e. The molecule has 0 aromatic carbocycles. The van der Waals surface area contributed by atoms with Crippen molar-refractivity contribution >= 4 is 0 Å². The minimum Gasteiger partial charge on any atom is -0.393 e. The lowest BCUT2D eigenvalue weighted by molar-refractivity contribution is -0.336. The largest absolute Gasteiger partial charge is 0.393 e. The van der Waals surface area contributed by atoms with Crippen LogP contribution < -0.4 is 0 Å². The van der Waals surface area contributed by atoms with Gasteiger partial charge in [-0.15, -0.1) is 0 Å². The first-order chi connectivity index (χ1) is 14.7. The molecule has 9 heteroatoms. The van der Waals surface area contributed by atoms with Gasteiger partial charge >= 0.3 is 0 Å². The van der Waals surface area contributed by atoms with Gasteiger partial charge in [-0.1, -0.05) is 45.4 Å². The van der Waals surface area contributed by atoms with Gasteiger partial charge in [-0.2, -0.15) is 0 Å². The molecule has 2 aliphatic rings. The number of hydrogen-bond donors (Lipinski definition) is 6. The number of ether oxygens (including phenoxy) is 3. The molecule has 9 nitrogen and oxygen atoms in total. The first-order valence-corrected chi connectivity index (χ1v) is 11.7. The Morgan fingerprint density at radius 2 is 1.32 bits per heavy atom. The molecule has 31 heavy (non-hydrogen) atoms. The van der Waals surface area contributed by atoms with E-state index in [2.05, 4.69) is 6.92 Å². The molecule has 2 aliphatic heterocycles. The van der Waals surface area contributed by atoms with E-state index >= 15 is 0 Å². The van der Waals surface area contributed by atoms with E-state index in [0.717, 1.165) is 19.3 Å². The zero-order chi connectivity index (χ0) is 23.1. The predicted octanol–water partition coefficient (Wildman–Crippen LogP) is 0.210. The fourth-order valence-corrected chi connectivity index (χ4v) is 4.31. The Kier molecular flexibility index (Phi) is 11.1. The molecule has 0 spiro atoms. The molecule has 0 aromatic rings. The highest BCUT2D eigenvalue weighted by molar-refractivity contribution is 4.95. The first kappa shape index (κ1) is 26.9. The van der Waals surface area contributed by atoms with Crippen LogP contribution in [0.5, 0.6) is 0 Å². The Balaban J connectivity index is 1.96. The van der Waals surface area contributed by atoms with Crippen molar-refractivity contribution in [1.82, 2.24) is 0 Å². The van der Waals surface area contributed by atoms with Crippen molar-refractivity contribution in [1.29, 1.82) is 0 Å². The second kappa shape index (κ2) is 12.8. The Bertz CT molecular complexity index is 507. The van der Waals surface area contributed by atoms with E-state index < -0.39 is 67.3 Å². The van der Waals surface area contributed by atoms with Crippen LogP contribution in [0, 0.1) is 0 Å². The van der Waals surface area contributed by atoms with Crippen molar-refractivity contribution in [2.24, 2.45) is 0 Å². The van der Waals surface area contributed by atoms with Gasteiger partial charge in [-0.3, -0.25) is 0 Å². The molecule has 0 aromatic heterocycles. The lowest BCUT2D eigenvalue weighted by Crippen LogP contribution is -2.63. The van der Waals surface area contributed by atoms with E-state index in [1.807, 2.05) is 0 Å². The standard InChI is InChI=1S/C22H42O9/c1-4-5-6-7-8-9-10-14(23)11-15-21(19(27)17(25)12(2)29-15)31-22-20(28)18(26)16(24)13(3)30-22/h12-28H,4-11H2,1-3H3/t12-,13-,14?,15-,16-,17-,18+,19+,20+,21-,22-/m0/s1. The summed E-state index contributed by atoms with van der Waals surface area (Å²) in [5, 5.41) is 61.5. The summed E-state index contributed by atoms with van der Waals surface area (Å²) >= 11 is 0. The molecular formula is C22H42O9. The summed E-state index contributed by atoms with van der Waals surface area (Å²) in [6, 6.07) is 0. The van der Waals surface area contributed by atoms with Crippen LogP contribution in [-0.4, -0.2) is 98.0 Å². The Hall–Kier alpha value is -0.360. The summed E-state index contributed by atoms with van der Waals surface area (Å²) in [6.45, 7) is 5.33. The quantitative estimate of drug-likeness (QED) is 0.243. The van der Waals surface area contributed by atoms with Gasteiger partial charge < -0.3 is 44.8 Å². The minimum absolute atomic E-state index is 0.192. The molecule has 11 atom stereocenters. The summed E-state index contributed by atoms with van der Waals surface area (Å²) in [5.41, 5.74) is 0. The molecule has 2 rings (SSSR count). The van der Waals surface area contributed by atoms with Gasteiger partial charge in [0.25, 0.3) is 0 Å². The third-order valence-electron chi connectivity index (χ3n) is 6.42. The topological polar surface area (TPSA) is 149 Å². The third-order valence-corrected chi connectivity index (χ3v) is 6.42. The van der Waals surface area contributed by atoms with Crippen LogP contribution >= 0.6 is 0 Å². The van der Waals surface area contributed by atoms with Crippen molar-refractivity contribution < 1.29 is 44.8 Å². The zero-order valence-electron chi connectivity index (χ0n) is 18.9. The fraction of sp³-hybridized carbons (Fsp3) is 1.00. The van der Waals surface area contributed by atoms with Crippen LogP contribution in [0.3, 0.4) is 0 Å². The van der Waals surface area contributed by atoms with Gasteiger partial charge in [0.1, 0.15) is 36.6 Å². The molecule has 184 valence electrons. The maximum absolute atomic E-state index is 10.6. The normalized spacial score (nSPS) is 42.5. The van der Waals surface area contributed by atoms with E-state index in [1.54, 1.807) is 6.92 Å². The average molecular weight is 451 g/mol. The molecule has 2 saturated heterocycles. The Morgan fingerprint density at radius 3 is 2.00 bits per heavy atom. The second-order valence-corrected chi connectivity index (χ2v) is 9.09. The summed E-state index contributed by atoms with van der Waals surface area (Å²) in [7, 11) is 0. The molecule has 1 unspecified atom stereocenters. The maximum Gasteiger partial charge on any atom is 0.187 e. The summed E-state index contributed by atoms with van der Waals surface area (Å²) < 4.78 is 17.0. The van der Waals surface area contributed by atoms with Gasteiger partial charge in [-0.05, 0) is 20.3 Å². The van der Waals surface area contributed by atoms with Crippen molar-refractivity contribution in [3.63, 3.8) is 0 Å². The monoisotopic (exact) mass is 450 g/mol. The zero-order valence-corrected chi connectivity index (χ0v) is 18.9. The summed E-state index contributed by atoms with van der Waals surface area (Å²) in [5.74, 6) is 0. The molecule has 2 heterocycles. The van der Waals surface area contributed by atoms with E-state index in [1.165, 1.54) is 26.2 Å². The second-order valence-electron chi connectivity index (χ2n) is 9.09. The summed E-state index contributed by atoms with van der Waals surface area (Å²) in [6.07, 6.45) is -4.67. The molecule has 0 radical (unpaired) electrons. The van der Waals surface area contributed by atoms with Gasteiger partial charge in [-0.25, -0.2) is 0 Å². The third kappa shape index (κ3) is 7.31. The number of unbranched alkanes of at least 4 members (excludes halogenated alkanes) is 5. The van der Waals surface area contributed by atoms with Crippen LogP contribution in [0.15, 0.2) is 0 Å². The molecule has 0 saturated carbocycles. The Labute approximate surface area is 184 Å². The van der Waals surface area contributed by atoms with E-state index in [9.17, 15) is 30.6 Å². The molecule has 0 amide bonds. The predicted molar refractivity (Wildman–Crippen MR) is 112 cm³/mol. The minimum atomic E-state index is -1.54. The van der Waals surface area contributed by atoms with E-state index in [0.29, 0.717) is 6.42 Å². The average Bonchev–Trinajstić information content (AvgIpc) is 2.73. The lowest BCUT2D eigenvalue weighted by Gasteiger charge is -2.46. The van der Waals surface area contributed by atoms with Crippen molar-refractivity contribution in [2.75, 3.05) is 0 Å². The van der Waals surface area contributed by atoms with Gasteiger partial charge in [0.2, 0.25) is 0 Å². The number of aliphatic hydroxyl groups excluding tert-OH is 6. The lowest BCUT2D eigenvalue weighted by atomic mass is 9.91. The van der Waals surface area contributed by atoms with Crippen LogP contribution in [0.25, 0.3) is 0 Å². The highest BCUT2D eigenvalue weighted by atomic mass is 16.7. The first-order valence-electron chi connectivity index (χ1n) is 11.7. The van der Waals surface area contributed by atoms with Gasteiger partial charge in [0.15, 0.2) is 6.29 Å². The molecular weight excluding hydrogens is 408 g/mol. The summed E-state index contributed by atoms with van der Waals surface area (Å²) in [4.78, 5) is 0. The number of hydrogen-bond acceptors (Lipinski definition) is 9. The molecule has 6 N–H and O–H groups in total. The SMILES string of the molecule is CCCCCCCCC(O)C[C@@H]1O[C@@H](C)[C@H](O)[C@@H](O)[C@H]1O[C@@H]1O[C@@H](C)[C@H](O)[C@@H](O)[C@H]1O. The van der Waals surface area contributed by atoms with E-state index in [4.69, 9.17) is 14.2 Å². The number of rotatable bonds is 11. The molecule has 2 fully saturated rings. The highest BCUT2D eigenvalue weighted by Gasteiger charge is 2.49. The van der Waals surface area contributed by atoms with Crippen molar-refractivity contribution in [3.05, 3.63) is 0 Å². The fourth-order valence-electron chi connectivity index (χ4n) is 4.31. The van der Waals surface area contributed by atoms with Gasteiger partial charge in [0.05, 0.1) is 24.4 Å². The van der Waals surface area contributed by atoms with Crippen LogP contribution in [-0.2, 0) is 14.2 Å². The highest BCUT2D eigenvalue weighted by Crippen LogP contribution is 2.31. The van der Waals surface area contributed by atoms with Crippen LogP contribution in [0.4, 0.5) is 0 Å². The Morgan fingerprint density at radius 1 is 0.742 bits per heavy atom. The molecule has 0 aliphatic carbocycles. The molecule has 0 bridgehead atoms. The van der Waals surface area contributed by atoms with Crippen molar-refractivity contribution in [3.8, 4) is 0 Å². The van der Waals surface area contributed by atoms with E-state index in [-0.39, 0.29) is 6.42 Å². The number of aliphatic hydroxyl groups is 6. The van der Waals surface area contributed by atoms with Crippen LogP contribution in [0.1, 0.15) is 72.1 Å². The maximum atomic E-state index is 10.6. The van der Waals surface area contributed by atoms with Crippen molar-refractivity contribution in [2.45, 2.75) is 139 Å². The van der Waals surface area contributed by atoms with Crippen LogP contribution in [0.2, 0.25) is 0 Å².